The van der Waals surface area contributed by atoms with Gasteiger partial charge in [-0.1, -0.05) is 13.0 Å². The van der Waals surface area contributed by atoms with Crippen LogP contribution in [-0.4, -0.2) is 42.5 Å². The van der Waals surface area contributed by atoms with Crippen molar-refractivity contribution in [2.45, 2.75) is 26.3 Å². The molecule has 1 N–H and O–H groups in total. The predicted molar refractivity (Wildman–Crippen MR) is 76.4 cm³/mol. The van der Waals surface area contributed by atoms with E-state index in [1.54, 1.807) is 13.0 Å². The summed E-state index contributed by atoms with van der Waals surface area (Å²) in [4.78, 5) is 25.6. The highest BCUT2D eigenvalue weighted by atomic mass is 19.1. The van der Waals surface area contributed by atoms with Crippen LogP contribution < -0.4 is 5.32 Å². The second kappa shape index (κ2) is 6.67. The van der Waals surface area contributed by atoms with Gasteiger partial charge in [0.05, 0.1) is 12.1 Å². The Morgan fingerprint density at radius 2 is 2.29 bits per heavy atom. The molecule has 5 nitrogen and oxygen atoms in total. The van der Waals surface area contributed by atoms with E-state index in [2.05, 4.69) is 5.32 Å². The fraction of sp³-hybridized carbons (Fsp3) is 0.467. The van der Waals surface area contributed by atoms with Gasteiger partial charge in [0, 0.05) is 6.54 Å². The van der Waals surface area contributed by atoms with Crippen LogP contribution >= 0.6 is 0 Å². The summed E-state index contributed by atoms with van der Waals surface area (Å²) >= 11 is 0. The van der Waals surface area contributed by atoms with Crippen LogP contribution in [0.4, 0.5) is 10.1 Å². The van der Waals surface area contributed by atoms with Crippen molar-refractivity contribution in [3.05, 3.63) is 29.6 Å². The Labute approximate surface area is 123 Å². The SMILES string of the molecule is CCN1CCOC(=O)C1CC(=O)Nc1ccc(C)cc1F. The van der Waals surface area contributed by atoms with E-state index in [-0.39, 0.29) is 12.1 Å². The number of carbonyl (C=O) groups is 2. The van der Waals surface area contributed by atoms with Gasteiger partial charge in [0.2, 0.25) is 5.91 Å². The van der Waals surface area contributed by atoms with E-state index < -0.39 is 23.7 Å². The predicted octanol–water partition coefficient (Wildman–Crippen LogP) is 1.71. The van der Waals surface area contributed by atoms with Crippen molar-refractivity contribution in [2.24, 2.45) is 0 Å². The van der Waals surface area contributed by atoms with Gasteiger partial charge >= 0.3 is 5.97 Å². The van der Waals surface area contributed by atoms with Gasteiger partial charge in [-0.05, 0) is 31.2 Å². The maximum atomic E-state index is 13.7. The van der Waals surface area contributed by atoms with Crippen molar-refractivity contribution < 1.29 is 18.7 Å². The summed E-state index contributed by atoms with van der Waals surface area (Å²) in [5.74, 6) is -1.29. The van der Waals surface area contributed by atoms with Crippen LogP contribution in [0.25, 0.3) is 0 Å². The summed E-state index contributed by atoms with van der Waals surface area (Å²) in [5, 5.41) is 2.50. The molecule has 6 heteroatoms. The van der Waals surface area contributed by atoms with Gasteiger partial charge in [0.15, 0.2) is 0 Å². The molecular formula is C15H19FN2O3. The number of nitrogens with zero attached hydrogens (tertiary/aromatic N) is 1. The number of morpholine rings is 1. The quantitative estimate of drug-likeness (QED) is 0.859. The minimum absolute atomic E-state index is 0.0417. The maximum absolute atomic E-state index is 13.7. The highest BCUT2D eigenvalue weighted by molar-refractivity contribution is 5.94. The number of nitrogens with one attached hydrogen (secondary N) is 1. The monoisotopic (exact) mass is 294 g/mol. The molecule has 1 atom stereocenters. The van der Waals surface area contributed by atoms with Crippen LogP contribution in [0, 0.1) is 12.7 Å². The van der Waals surface area contributed by atoms with E-state index in [0.717, 1.165) is 5.56 Å². The fourth-order valence-electron chi connectivity index (χ4n) is 2.35. The third kappa shape index (κ3) is 3.78. The second-order valence-electron chi connectivity index (χ2n) is 5.05. The summed E-state index contributed by atoms with van der Waals surface area (Å²) in [6.07, 6.45) is -0.0417. The summed E-state index contributed by atoms with van der Waals surface area (Å²) in [6.45, 7) is 5.30. The number of anilines is 1. The molecule has 21 heavy (non-hydrogen) atoms. The molecule has 1 unspecified atom stereocenters. The minimum atomic E-state index is -0.600. The number of aryl methyl sites for hydroxylation is 1. The number of cyclic esters (lactones) is 1. The fourth-order valence-corrected chi connectivity index (χ4v) is 2.35. The maximum Gasteiger partial charge on any atom is 0.323 e. The Morgan fingerprint density at radius 3 is 2.95 bits per heavy atom. The number of hydrogen-bond acceptors (Lipinski definition) is 4. The number of esters is 1. The molecular weight excluding hydrogens is 275 g/mol. The number of ether oxygens (including phenoxy) is 1. The average Bonchev–Trinajstić information content (AvgIpc) is 2.44. The molecule has 1 aliphatic heterocycles. The average molecular weight is 294 g/mol. The van der Waals surface area contributed by atoms with Gasteiger partial charge in [-0.25, -0.2) is 4.39 Å². The Morgan fingerprint density at radius 1 is 1.52 bits per heavy atom. The molecule has 0 radical (unpaired) electrons. The molecule has 2 rings (SSSR count). The lowest BCUT2D eigenvalue weighted by molar-refractivity contribution is -0.158. The third-order valence-corrected chi connectivity index (χ3v) is 3.52. The summed E-state index contributed by atoms with van der Waals surface area (Å²) < 4.78 is 18.7. The lowest BCUT2D eigenvalue weighted by Crippen LogP contribution is -2.50. The first-order chi connectivity index (χ1) is 10.0. The van der Waals surface area contributed by atoms with Crippen molar-refractivity contribution in [2.75, 3.05) is 25.0 Å². The minimum Gasteiger partial charge on any atom is -0.463 e. The molecule has 114 valence electrons. The van der Waals surface area contributed by atoms with E-state index in [0.29, 0.717) is 19.7 Å². The van der Waals surface area contributed by atoms with Crippen LogP contribution in [-0.2, 0) is 14.3 Å². The molecule has 1 fully saturated rings. The molecule has 1 aromatic carbocycles. The molecule has 0 spiro atoms. The largest absolute Gasteiger partial charge is 0.463 e. The third-order valence-electron chi connectivity index (χ3n) is 3.52. The van der Waals surface area contributed by atoms with Gasteiger partial charge in [0.1, 0.15) is 18.5 Å². The summed E-state index contributed by atoms with van der Waals surface area (Å²) in [6, 6.07) is 3.98. The van der Waals surface area contributed by atoms with Crippen LogP contribution in [0.5, 0.6) is 0 Å². The van der Waals surface area contributed by atoms with Crippen LogP contribution in [0.1, 0.15) is 18.9 Å². The summed E-state index contributed by atoms with van der Waals surface area (Å²) in [5.41, 5.74) is 0.899. The number of likely N-dealkylation sites (N-methyl/N-ethyl adjacent to an activating group) is 1. The number of carbonyl (C=O) groups excluding carboxylic acids is 2. The van der Waals surface area contributed by atoms with Gasteiger partial charge < -0.3 is 10.1 Å². The van der Waals surface area contributed by atoms with Gasteiger partial charge in [-0.15, -0.1) is 0 Å². The molecule has 0 bridgehead atoms. The first-order valence-electron chi connectivity index (χ1n) is 6.98. The number of rotatable bonds is 4. The molecule has 0 saturated carbocycles. The Hall–Kier alpha value is -1.95. The van der Waals surface area contributed by atoms with Gasteiger partial charge in [0.25, 0.3) is 0 Å². The lowest BCUT2D eigenvalue weighted by atomic mass is 10.1. The second-order valence-corrected chi connectivity index (χ2v) is 5.05. The Bertz CT molecular complexity index is 548. The zero-order valence-electron chi connectivity index (χ0n) is 12.2. The standard InChI is InChI=1S/C15H19FN2O3/c1-3-18-6-7-21-15(20)13(18)9-14(19)17-12-5-4-10(2)8-11(12)16/h4-5,8,13H,3,6-7,9H2,1-2H3,(H,17,19). The number of hydrogen-bond donors (Lipinski definition) is 1. The van der Waals surface area contributed by atoms with E-state index in [1.165, 1.54) is 12.1 Å². The zero-order chi connectivity index (χ0) is 15.4. The van der Waals surface area contributed by atoms with Crippen LogP contribution in [0.15, 0.2) is 18.2 Å². The smallest absolute Gasteiger partial charge is 0.323 e. The molecule has 1 aromatic rings. The van der Waals surface area contributed by atoms with E-state index in [9.17, 15) is 14.0 Å². The number of benzene rings is 1. The van der Waals surface area contributed by atoms with Crippen LogP contribution in [0.2, 0.25) is 0 Å². The van der Waals surface area contributed by atoms with E-state index in [1.807, 2.05) is 11.8 Å². The van der Waals surface area contributed by atoms with Crippen molar-refractivity contribution in [3.63, 3.8) is 0 Å². The lowest BCUT2D eigenvalue weighted by Gasteiger charge is -2.32. The molecule has 1 aliphatic rings. The van der Waals surface area contributed by atoms with E-state index in [4.69, 9.17) is 4.74 Å². The Balaban J connectivity index is 2.01. The zero-order valence-corrected chi connectivity index (χ0v) is 12.2. The van der Waals surface area contributed by atoms with Crippen molar-refractivity contribution >= 4 is 17.6 Å². The molecule has 0 aromatic heterocycles. The number of halogens is 1. The first kappa shape index (κ1) is 15.4. The van der Waals surface area contributed by atoms with Crippen molar-refractivity contribution in [1.82, 2.24) is 4.90 Å². The summed E-state index contributed by atoms with van der Waals surface area (Å²) in [7, 11) is 0. The normalized spacial score (nSPS) is 19.2. The van der Waals surface area contributed by atoms with Crippen molar-refractivity contribution in [3.8, 4) is 0 Å². The Kier molecular flexibility index (Phi) is 4.90. The molecule has 1 amide bonds. The van der Waals surface area contributed by atoms with Gasteiger partial charge in [-0.2, -0.15) is 0 Å². The van der Waals surface area contributed by atoms with Gasteiger partial charge in [-0.3, -0.25) is 14.5 Å². The topological polar surface area (TPSA) is 58.6 Å². The molecule has 1 saturated heterocycles. The highest BCUT2D eigenvalue weighted by Crippen LogP contribution is 2.17. The number of amides is 1. The first-order valence-corrected chi connectivity index (χ1v) is 6.98. The molecule has 1 heterocycles. The van der Waals surface area contributed by atoms with Crippen molar-refractivity contribution in [1.29, 1.82) is 0 Å². The van der Waals surface area contributed by atoms with Crippen LogP contribution in [0.3, 0.4) is 0 Å². The highest BCUT2D eigenvalue weighted by Gasteiger charge is 2.32. The molecule has 0 aliphatic carbocycles. The van der Waals surface area contributed by atoms with E-state index >= 15 is 0 Å².